The fraction of sp³-hybridized carbons (Fsp3) is 0.250. The lowest BCUT2D eigenvalue weighted by Crippen LogP contribution is -2.46. The second kappa shape index (κ2) is 8.93. The van der Waals surface area contributed by atoms with Crippen molar-refractivity contribution in [1.82, 2.24) is 15.0 Å². The molecular formula is C28H25N7O. The molecule has 8 heteroatoms. The molecule has 1 saturated carbocycles. The molecule has 6 rings (SSSR count). The third kappa shape index (κ3) is 4.20. The van der Waals surface area contributed by atoms with Gasteiger partial charge in [0.15, 0.2) is 0 Å². The van der Waals surface area contributed by atoms with Crippen molar-refractivity contribution >= 4 is 34.1 Å². The second-order valence-corrected chi connectivity index (χ2v) is 9.34. The molecule has 0 radical (unpaired) electrons. The Kier molecular flexibility index (Phi) is 5.45. The van der Waals surface area contributed by atoms with Crippen molar-refractivity contribution in [3.05, 3.63) is 73.2 Å². The number of pyridine rings is 1. The summed E-state index contributed by atoms with van der Waals surface area (Å²) in [4.78, 5) is 30.7. The van der Waals surface area contributed by atoms with Crippen LogP contribution in [0.25, 0.3) is 22.2 Å². The number of amides is 1. The van der Waals surface area contributed by atoms with Gasteiger partial charge in [-0.25, -0.2) is 4.98 Å². The van der Waals surface area contributed by atoms with Gasteiger partial charge in [0.25, 0.3) is 0 Å². The van der Waals surface area contributed by atoms with E-state index < -0.39 is 5.41 Å². The number of hydrogen-bond donors (Lipinski definition) is 1. The average Bonchev–Trinajstić information content (AvgIpc) is 3.75. The van der Waals surface area contributed by atoms with E-state index in [2.05, 4.69) is 37.2 Å². The van der Waals surface area contributed by atoms with Crippen LogP contribution in [-0.4, -0.2) is 47.0 Å². The van der Waals surface area contributed by atoms with Crippen LogP contribution in [0.2, 0.25) is 0 Å². The SMILES string of the molecule is N#CC1(C(=O)Nc2ccc(-c3ccc4ncc(N5CCN(c6ccncc6)CC5)nc4c3)cc2)CC1. The Morgan fingerprint density at radius 2 is 1.58 bits per heavy atom. The van der Waals surface area contributed by atoms with E-state index in [0.717, 1.165) is 54.2 Å². The Balaban J connectivity index is 1.17. The summed E-state index contributed by atoms with van der Waals surface area (Å²) in [6.45, 7) is 3.59. The summed E-state index contributed by atoms with van der Waals surface area (Å²) in [5.74, 6) is 0.673. The summed E-state index contributed by atoms with van der Waals surface area (Å²) in [6.07, 6.45) is 6.78. The Labute approximate surface area is 209 Å². The predicted molar refractivity (Wildman–Crippen MR) is 140 cm³/mol. The fourth-order valence-corrected chi connectivity index (χ4v) is 4.59. The molecule has 2 aromatic carbocycles. The van der Waals surface area contributed by atoms with E-state index in [9.17, 15) is 10.1 Å². The minimum absolute atomic E-state index is 0.215. The summed E-state index contributed by atoms with van der Waals surface area (Å²) in [6, 6.07) is 20.0. The molecule has 0 atom stereocenters. The van der Waals surface area contributed by atoms with Crippen molar-refractivity contribution in [1.29, 1.82) is 5.26 Å². The summed E-state index contributed by atoms with van der Waals surface area (Å²) in [5.41, 5.74) is 4.82. The number of aromatic nitrogens is 3. The molecule has 1 amide bonds. The number of carbonyl (C=O) groups is 1. The number of nitriles is 1. The molecule has 2 aromatic heterocycles. The predicted octanol–water partition coefficient (Wildman–Crippen LogP) is 4.26. The molecule has 2 aliphatic rings. The average molecular weight is 476 g/mol. The Hall–Kier alpha value is -4.51. The summed E-state index contributed by atoms with van der Waals surface area (Å²) < 4.78 is 0. The first-order valence-corrected chi connectivity index (χ1v) is 12.1. The summed E-state index contributed by atoms with van der Waals surface area (Å²) in [5, 5.41) is 12.1. The molecule has 36 heavy (non-hydrogen) atoms. The molecule has 2 fully saturated rings. The smallest absolute Gasteiger partial charge is 0.244 e. The van der Waals surface area contributed by atoms with E-state index in [1.165, 1.54) is 5.69 Å². The van der Waals surface area contributed by atoms with Crippen LogP contribution in [0.4, 0.5) is 17.2 Å². The maximum atomic E-state index is 12.3. The van der Waals surface area contributed by atoms with E-state index in [4.69, 9.17) is 4.98 Å². The van der Waals surface area contributed by atoms with Gasteiger partial charge in [0.2, 0.25) is 5.91 Å². The first-order chi connectivity index (χ1) is 17.6. The van der Waals surface area contributed by atoms with Crippen LogP contribution < -0.4 is 15.1 Å². The molecule has 178 valence electrons. The molecule has 8 nitrogen and oxygen atoms in total. The lowest BCUT2D eigenvalue weighted by Gasteiger charge is -2.36. The normalized spacial score (nSPS) is 16.4. The Morgan fingerprint density at radius 3 is 2.28 bits per heavy atom. The highest BCUT2D eigenvalue weighted by molar-refractivity contribution is 5.99. The number of fused-ring (bicyclic) bond motifs is 1. The number of nitrogens with zero attached hydrogens (tertiary/aromatic N) is 6. The fourth-order valence-electron chi connectivity index (χ4n) is 4.59. The molecule has 3 heterocycles. The van der Waals surface area contributed by atoms with Crippen LogP contribution in [0.3, 0.4) is 0 Å². The van der Waals surface area contributed by atoms with Crippen LogP contribution in [0.5, 0.6) is 0 Å². The van der Waals surface area contributed by atoms with Gasteiger partial charge in [0.05, 0.1) is 23.3 Å². The van der Waals surface area contributed by atoms with Gasteiger partial charge >= 0.3 is 0 Å². The van der Waals surface area contributed by atoms with Crippen molar-refractivity contribution in [3.8, 4) is 17.2 Å². The number of nitrogens with one attached hydrogen (secondary N) is 1. The van der Waals surface area contributed by atoms with Crippen LogP contribution >= 0.6 is 0 Å². The van der Waals surface area contributed by atoms with E-state index in [0.29, 0.717) is 18.5 Å². The van der Waals surface area contributed by atoms with Gasteiger partial charge in [0, 0.05) is 49.9 Å². The van der Waals surface area contributed by atoms with Crippen LogP contribution in [0, 0.1) is 16.7 Å². The van der Waals surface area contributed by atoms with Crippen molar-refractivity contribution < 1.29 is 4.79 Å². The number of carbonyl (C=O) groups excluding carboxylic acids is 1. The van der Waals surface area contributed by atoms with Crippen molar-refractivity contribution in [2.75, 3.05) is 41.3 Å². The molecule has 4 aromatic rings. The number of piperazine rings is 1. The minimum atomic E-state index is -0.834. The number of rotatable bonds is 5. The lowest BCUT2D eigenvalue weighted by molar-refractivity contribution is -0.119. The van der Waals surface area contributed by atoms with Gasteiger partial charge in [-0.1, -0.05) is 18.2 Å². The van der Waals surface area contributed by atoms with Crippen LogP contribution in [0.15, 0.2) is 73.2 Å². The molecule has 0 bridgehead atoms. The highest BCUT2D eigenvalue weighted by Gasteiger charge is 2.50. The third-order valence-corrected chi connectivity index (χ3v) is 7.04. The first kappa shape index (κ1) is 22.0. The molecule has 0 spiro atoms. The van der Waals surface area contributed by atoms with Crippen molar-refractivity contribution in [2.24, 2.45) is 5.41 Å². The van der Waals surface area contributed by atoms with Gasteiger partial charge in [-0.2, -0.15) is 5.26 Å². The standard InChI is InChI=1S/C28H25N7O/c29-19-28(9-10-28)27(36)32-22-4-1-20(2-5-22)21-3-6-24-25(17-21)33-26(18-31-24)35-15-13-34(14-16-35)23-7-11-30-12-8-23/h1-8,11-12,17-18H,9-10,13-16H2,(H,32,36). The molecule has 1 aliphatic heterocycles. The number of benzene rings is 2. The van der Waals surface area contributed by atoms with E-state index in [1.54, 1.807) is 0 Å². The van der Waals surface area contributed by atoms with Gasteiger partial charge < -0.3 is 15.1 Å². The zero-order chi connectivity index (χ0) is 24.5. The first-order valence-electron chi connectivity index (χ1n) is 12.1. The van der Waals surface area contributed by atoms with E-state index >= 15 is 0 Å². The molecule has 1 N–H and O–H groups in total. The second-order valence-electron chi connectivity index (χ2n) is 9.34. The number of anilines is 3. The minimum Gasteiger partial charge on any atom is -0.368 e. The molecular weight excluding hydrogens is 450 g/mol. The van der Waals surface area contributed by atoms with Crippen molar-refractivity contribution in [2.45, 2.75) is 12.8 Å². The highest BCUT2D eigenvalue weighted by atomic mass is 16.2. The maximum Gasteiger partial charge on any atom is 0.244 e. The van der Waals surface area contributed by atoms with Crippen LogP contribution in [0.1, 0.15) is 12.8 Å². The zero-order valence-corrected chi connectivity index (χ0v) is 19.8. The van der Waals surface area contributed by atoms with Crippen molar-refractivity contribution in [3.63, 3.8) is 0 Å². The van der Waals surface area contributed by atoms with E-state index in [1.807, 2.05) is 67.1 Å². The zero-order valence-electron chi connectivity index (χ0n) is 19.8. The third-order valence-electron chi connectivity index (χ3n) is 7.04. The lowest BCUT2D eigenvalue weighted by atomic mass is 10.0. The molecule has 0 unspecified atom stereocenters. The van der Waals surface area contributed by atoms with Gasteiger partial charge in [0.1, 0.15) is 11.2 Å². The quantitative estimate of drug-likeness (QED) is 0.460. The maximum absolute atomic E-state index is 12.3. The largest absolute Gasteiger partial charge is 0.368 e. The molecule has 1 saturated heterocycles. The Morgan fingerprint density at radius 1 is 0.889 bits per heavy atom. The highest BCUT2D eigenvalue weighted by Crippen LogP contribution is 2.45. The van der Waals surface area contributed by atoms with Gasteiger partial charge in [-0.15, -0.1) is 0 Å². The van der Waals surface area contributed by atoms with Gasteiger partial charge in [-0.3, -0.25) is 14.8 Å². The Bertz CT molecular complexity index is 1450. The van der Waals surface area contributed by atoms with E-state index in [-0.39, 0.29) is 5.91 Å². The summed E-state index contributed by atoms with van der Waals surface area (Å²) in [7, 11) is 0. The topological polar surface area (TPSA) is 98.0 Å². The van der Waals surface area contributed by atoms with Crippen LogP contribution in [-0.2, 0) is 4.79 Å². The monoisotopic (exact) mass is 475 g/mol. The molecule has 1 aliphatic carbocycles. The summed E-state index contributed by atoms with van der Waals surface area (Å²) >= 11 is 0. The number of hydrogen-bond acceptors (Lipinski definition) is 7. The van der Waals surface area contributed by atoms with Gasteiger partial charge in [-0.05, 0) is 60.4 Å².